The Morgan fingerprint density at radius 3 is 1.82 bits per heavy atom. The molecule has 1 saturated carbocycles. The Morgan fingerprint density at radius 2 is 1.22 bits per heavy atom. The van der Waals surface area contributed by atoms with Crippen molar-refractivity contribution in [2.45, 2.75) is 148 Å². The van der Waals surface area contributed by atoms with Crippen LogP contribution in [0, 0.1) is 29.6 Å². The highest BCUT2D eigenvalue weighted by Crippen LogP contribution is 2.44. The Hall–Kier alpha value is -5.26. The molecule has 17 atom stereocenters. The summed E-state index contributed by atoms with van der Waals surface area (Å²) < 4.78 is 57.3. The maximum absolute atomic E-state index is 13.8. The van der Waals surface area contributed by atoms with Crippen LogP contribution in [0.3, 0.4) is 0 Å². The summed E-state index contributed by atoms with van der Waals surface area (Å²) in [7, 11) is 1.66. The number of likely N-dealkylation sites (N-methyl/N-ethyl adjacent to an activating group) is 1. The van der Waals surface area contributed by atoms with Crippen molar-refractivity contribution in [2.75, 3.05) is 7.05 Å². The first-order valence-electron chi connectivity index (χ1n) is 23.7. The van der Waals surface area contributed by atoms with Crippen molar-refractivity contribution in [2.24, 2.45) is 29.6 Å². The zero-order valence-corrected chi connectivity index (χ0v) is 39.3. The minimum absolute atomic E-state index is 0.0105. The van der Waals surface area contributed by atoms with Gasteiger partial charge in [-0.3, -0.25) is 4.90 Å². The predicted molar refractivity (Wildman–Crippen MR) is 242 cm³/mol. The fourth-order valence-corrected chi connectivity index (χ4v) is 10.3. The molecule has 16 heteroatoms. The second-order valence-electron chi connectivity index (χ2n) is 18.9. The molecule has 9 unspecified atom stereocenters. The third-order valence-electron chi connectivity index (χ3n) is 14.5. The molecule has 0 bridgehead atoms. The third kappa shape index (κ3) is 10.9. The van der Waals surface area contributed by atoms with Gasteiger partial charge in [-0.05, 0) is 54.4 Å². The summed E-state index contributed by atoms with van der Waals surface area (Å²) in [4.78, 5) is 55.7. The van der Waals surface area contributed by atoms with Crippen molar-refractivity contribution in [1.29, 1.82) is 0 Å². The normalized spacial score (nSPS) is 35.8. The zero-order chi connectivity index (χ0) is 47.4. The number of carbonyl (C=O) groups is 4. The quantitative estimate of drug-likeness (QED) is 0.127. The van der Waals surface area contributed by atoms with Crippen molar-refractivity contribution in [1.82, 2.24) is 15.5 Å². The first-order valence-corrected chi connectivity index (χ1v) is 23.7. The van der Waals surface area contributed by atoms with Crippen molar-refractivity contribution >= 4 is 24.2 Å². The lowest BCUT2D eigenvalue weighted by Gasteiger charge is -2.51. The molecule has 3 amide bonds. The molecule has 5 aliphatic rings. The van der Waals surface area contributed by atoms with Gasteiger partial charge in [0, 0.05) is 24.8 Å². The van der Waals surface area contributed by atoms with E-state index >= 15 is 0 Å². The average molecular weight is 928 g/mol. The smallest absolute Gasteiger partial charge is 0.410 e. The van der Waals surface area contributed by atoms with E-state index in [9.17, 15) is 19.2 Å². The van der Waals surface area contributed by atoms with Crippen molar-refractivity contribution in [3.8, 4) is 0 Å². The number of rotatable bonds is 13. The molecule has 8 rings (SSSR count). The van der Waals surface area contributed by atoms with E-state index in [1.807, 2.05) is 74.5 Å². The van der Waals surface area contributed by atoms with E-state index in [0.29, 0.717) is 23.8 Å². The number of hydrogen-bond donors (Lipinski definition) is 2. The maximum Gasteiger partial charge on any atom is 0.410 e. The van der Waals surface area contributed by atoms with Crippen LogP contribution in [-0.2, 0) is 55.8 Å². The summed E-state index contributed by atoms with van der Waals surface area (Å²) in [6.45, 7) is 12.5. The van der Waals surface area contributed by atoms with Crippen LogP contribution in [0.25, 0.3) is 0 Å². The van der Waals surface area contributed by atoms with Crippen molar-refractivity contribution in [3.05, 3.63) is 108 Å². The lowest BCUT2D eigenvalue weighted by molar-refractivity contribution is -0.369. The van der Waals surface area contributed by atoms with Gasteiger partial charge in [0.1, 0.15) is 31.5 Å². The highest BCUT2D eigenvalue weighted by Gasteiger charge is 2.60. The van der Waals surface area contributed by atoms with Gasteiger partial charge in [-0.1, -0.05) is 120 Å². The van der Waals surface area contributed by atoms with E-state index in [4.69, 9.17) is 42.6 Å². The third-order valence-corrected chi connectivity index (χ3v) is 14.5. The summed E-state index contributed by atoms with van der Waals surface area (Å²) in [5, 5.41) is 5.93. The van der Waals surface area contributed by atoms with Crippen molar-refractivity contribution in [3.63, 3.8) is 0 Å². The van der Waals surface area contributed by atoms with Crippen LogP contribution in [0.1, 0.15) is 82.3 Å². The van der Waals surface area contributed by atoms with Gasteiger partial charge in [-0.25, -0.2) is 19.2 Å². The summed E-state index contributed by atoms with van der Waals surface area (Å²) in [5.41, 5.74) is 1.91. The molecule has 0 radical (unpaired) electrons. The highest BCUT2D eigenvalue weighted by atomic mass is 16.8. The van der Waals surface area contributed by atoms with E-state index in [1.54, 1.807) is 37.4 Å². The fourth-order valence-electron chi connectivity index (χ4n) is 10.3. The van der Waals surface area contributed by atoms with Crippen LogP contribution >= 0.6 is 0 Å². The standard InChI is InChI=1S/C51H65N3O13/c1-8-38-30(4)29(3)31(5)47(61-38)67-48-40-44(66-51(58)54(40)7)43-39(62-48)24-28(2)46(65-43)64-42-32(6)41(63-45(55)35-22-16-11-17-23-35)36(52-49(56)59-26-33-18-12-9-13-19-33)25-37(42)53-50(57)60-27-34-20-14-10-15-21-34/h9-23,28-32,36-44,46-48H,8,24-27H2,1-7H3,(H,52,56)(H,53,57)/t28?,29-,30-,31?,32+,36+,37?,38?,39-,40?,41?,42-,43?,44?,46-,47+,48?/m0/s1. The number of ether oxygens (including phenoxy) is 9. The summed E-state index contributed by atoms with van der Waals surface area (Å²) in [6.07, 6.45) is -6.74. The second-order valence-corrected chi connectivity index (χ2v) is 18.9. The SMILES string of the molecule is CCC1O[C@H](OC2O[C@H]3CC(C)[C@@H](O[C@@H]4C(NC(=O)OCc5ccccc5)C[C@@H](NC(=O)OCc5ccccc5)C(OC(=O)c5ccccc5)[C@H]4C)OC3C3OC(=O)N(C)C23)C(C)[C@@H](C)[C@@H]1C. The van der Waals surface area contributed by atoms with Gasteiger partial charge in [-0.2, -0.15) is 0 Å². The molecule has 4 saturated heterocycles. The Kier molecular flexibility index (Phi) is 15.4. The Labute approximate surface area is 392 Å². The number of nitrogens with zero attached hydrogens (tertiary/aromatic N) is 1. The molecule has 3 aromatic rings. The average Bonchev–Trinajstić information content (AvgIpc) is 3.64. The number of amides is 3. The number of nitrogens with one attached hydrogen (secondary N) is 2. The molecular weight excluding hydrogens is 863 g/mol. The Balaban J connectivity index is 1.04. The molecule has 1 aliphatic carbocycles. The molecule has 67 heavy (non-hydrogen) atoms. The number of hydrogen-bond acceptors (Lipinski definition) is 13. The van der Waals surface area contributed by atoms with Gasteiger partial charge in [0.25, 0.3) is 0 Å². The van der Waals surface area contributed by atoms with Gasteiger partial charge >= 0.3 is 24.2 Å². The Bertz CT molecular complexity index is 2130. The topological polar surface area (TPSA) is 179 Å². The molecule has 4 heterocycles. The van der Waals surface area contributed by atoms with Gasteiger partial charge in [0.15, 0.2) is 25.0 Å². The minimum Gasteiger partial charge on any atom is -0.456 e. The molecule has 5 fully saturated rings. The van der Waals surface area contributed by atoms with E-state index in [0.717, 1.165) is 17.5 Å². The lowest BCUT2D eigenvalue weighted by atomic mass is 9.78. The number of benzene rings is 3. The lowest BCUT2D eigenvalue weighted by Crippen LogP contribution is -2.66. The Morgan fingerprint density at radius 1 is 0.642 bits per heavy atom. The summed E-state index contributed by atoms with van der Waals surface area (Å²) >= 11 is 0. The van der Waals surface area contributed by atoms with E-state index in [2.05, 4.69) is 38.3 Å². The number of fused-ring (bicyclic) bond motifs is 3. The van der Waals surface area contributed by atoms with Gasteiger partial charge in [-0.15, -0.1) is 0 Å². The van der Waals surface area contributed by atoms with E-state index < -0.39 is 97.7 Å². The first-order chi connectivity index (χ1) is 32.3. The maximum atomic E-state index is 13.8. The van der Waals surface area contributed by atoms with Crippen molar-refractivity contribution < 1.29 is 61.8 Å². The fraction of sp³-hybridized carbons (Fsp3) is 0.569. The highest BCUT2D eigenvalue weighted by molar-refractivity contribution is 5.89. The zero-order valence-electron chi connectivity index (χ0n) is 39.3. The monoisotopic (exact) mass is 927 g/mol. The largest absolute Gasteiger partial charge is 0.456 e. The molecule has 2 N–H and O–H groups in total. The van der Waals surface area contributed by atoms with Crippen LogP contribution in [0.4, 0.5) is 14.4 Å². The van der Waals surface area contributed by atoms with Gasteiger partial charge in [0.2, 0.25) is 0 Å². The molecule has 3 aromatic carbocycles. The summed E-state index contributed by atoms with van der Waals surface area (Å²) in [5.74, 6) is -0.791. The van der Waals surface area contributed by atoms with Crippen LogP contribution in [-0.4, -0.2) is 110 Å². The number of alkyl carbamates (subject to hydrolysis) is 2. The van der Waals surface area contributed by atoms with E-state index in [1.165, 1.54) is 4.90 Å². The molecule has 362 valence electrons. The van der Waals surface area contributed by atoms with Gasteiger partial charge < -0.3 is 53.3 Å². The molecule has 16 nitrogen and oxygen atoms in total. The summed E-state index contributed by atoms with van der Waals surface area (Å²) in [6, 6.07) is 24.8. The van der Waals surface area contributed by atoms with Crippen LogP contribution < -0.4 is 10.6 Å². The molecule has 4 aliphatic heterocycles. The van der Waals surface area contributed by atoms with Crippen LogP contribution in [0.5, 0.6) is 0 Å². The van der Waals surface area contributed by atoms with Crippen LogP contribution in [0.2, 0.25) is 0 Å². The number of carbonyl (C=O) groups excluding carboxylic acids is 4. The minimum atomic E-state index is -0.959. The second kappa shape index (κ2) is 21.4. The predicted octanol–water partition coefficient (Wildman–Crippen LogP) is 7.58. The number of esters is 1. The molecule has 0 spiro atoms. The van der Waals surface area contributed by atoms with Crippen LogP contribution in [0.15, 0.2) is 91.0 Å². The molecule has 0 aromatic heterocycles. The first kappa shape index (κ1) is 48.2. The van der Waals surface area contributed by atoms with E-state index in [-0.39, 0.29) is 37.6 Å². The molecular formula is C51H65N3O13. The van der Waals surface area contributed by atoms with Gasteiger partial charge in [0.05, 0.1) is 36.0 Å².